The highest BCUT2D eigenvalue weighted by Gasteiger charge is 2.11. The largest absolute Gasteiger partial charge is 0.506 e. The van der Waals surface area contributed by atoms with Crippen LogP contribution in [0.15, 0.2) is 42.7 Å². The average Bonchev–Trinajstić information content (AvgIpc) is 2.49. The zero-order chi connectivity index (χ0) is 15.2. The SMILES string of the molecule is CNC(=O)Cc1ccccc1NC(=O)c1cncc(O)c1. The van der Waals surface area contributed by atoms with Gasteiger partial charge in [0.2, 0.25) is 5.91 Å². The lowest BCUT2D eigenvalue weighted by Gasteiger charge is -2.10. The van der Waals surface area contributed by atoms with E-state index in [1.807, 2.05) is 0 Å². The maximum absolute atomic E-state index is 12.1. The van der Waals surface area contributed by atoms with Gasteiger partial charge < -0.3 is 15.7 Å². The maximum atomic E-state index is 12.1. The Morgan fingerprint density at radius 2 is 2.00 bits per heavy atom. The molecule has 6 heteroatoms. The van der Waals surface area contributed by atoms with E-state index in [-0.39, 0.29) is 23.6 Å². The van der Waals surface area contributed by atoms with Crippen molar-refractivity contribution in [2.75, 3.05) is 12.4 Å². The first-order valence-electron chi connectivity index (χ1n) is 6.34. The number of pyridine rings is 1. The average molecular weight is 285 g/mol. The van der Waals surface area contributed by atoms with Crippen molar-refractivity contribution in [2.24, 2.45) is 0 Å². The van der Waals surface area contributed by atoms with E-state index in [0.29, 0.717) is 11.3 Å². The molecule has 0 bridgehead atoms. The highest BCUT2D eigenvalue weighted by atomic mass is 16.3. The monoisotopic (exact) mass is 285 g/mol. The van der Waals surface area contributed by atoms with Crippen LogP contribution in [0.5, 0.6) is 5.75 Å². The number of hydrogen-bond acceptors (Lipinski definition) is 4. The minimum atomic E-state index is -0.400. The van der Waals surface area contributed by atoms with Crippen LogP contribution >= 0.6 is 0 Å². The van der Waals surface area contributed by atoms with Gasteiger partial charge in [-0.2, -0.15) is 0 Å². The number of aromatic hydroxyl groups is 1. The highest BCUT2D eigenvalue weighted by molar-refractivity contribution is 6.04. The molecule has 0 saturated heterocycles. The smallest absolute Gasteiger partial charge is 0.257 e. The molecule has 0 aliphatic heterocycles. The number of anilines is 1. The van der Waals surface area contributed by atoms with Crippen molar-refractivity contribution in [1.29, 1.82) is 0 Å². The molecule has 21 heavy (non-hydrogen) atoms. The molecule has 0 unspecified atom stereocenters. The number of aromatic nitrogens is 1. The second-order valence-electron chi connectivity index (χ2n) is 4.39. The van der Waals surface area contributed by atoms with Crippen molar-refractivity contribution < 1.29 is 14.7 Å². The number of nitrogens with zero attached hydrogens (tertiary/aromatic N) is 1. The van der Waals surface area contributed by atoms with Crippen LogP contribution < -0.4 is 10.6 Å². The van der Waals surface area contributed by atoms with E-state index in [9.17, 15) is 14.7 Å². The molecule has 0 atom stereocenters. The summed E-state index contributed by atoms with van der Waals surface area (Å²) in [5.41, 5.74) is 1.50. The Bertz CT molecular complexity index is 671. The number of nitrogens with one attached hydrogen (secondary N) is 2. The normalized spacial score (nSPS) is 9.95. The fourth-order valence-corrected chi connectivity index (χ4v) is 1.80. The van der Waals surface area contributed by atoms with E-state index in [1.165, 1.54) is 18.5 Å². The Hall–Kier alpha value is -2.89. The Balaban J connectivity index is 2.19. The minimum Gasteiger partial charge on any atom is -0.506 e. The van der Waals surface area contributed by atoms with Gasteiger partial charge in [0.05, 0.1) is 18.2 Å². The summed E-state index contributed by atoms with van der Waals surface area (Å²) in [6.45, 7) is 0. The zero-order valence-corrected chi connectivity index (χ0v) is 11.5. The number of amides is 2. The van der Waals surface area contributed by atoms with Gasteiger partial charge in [-0.1, -0.05) is 18.2 Å². The standard InChI is InChI=1S/C15H15N3O3/c1-16-14(20)7-10-4-2-3-5-13(10)18-15(21)11-6-12(19)9-17-8-11/h2-6,8-9,19H,7H2,1H3,(H,16,20)(H,18,21). The Labute approximate surface area is 121 Å². The summed E-state index contributed by atoms with van der Waals surface area (Å²) in [7, 11) is 1.56. The number of carbonyl (C=O) groups is 2. The van der Waals surface area contributed by atoms with Crippen molar-refractivity contribution in [3.8, 4) is 5.75 Å². The molecular weight excluding hydrogens is 270 g/mol. The van der Waals surface area contributed by atoms with Crippen LogP contribution in [0.3, 0.4) is 0 Å². The van der Waals surface area contributed by atoms with Gasteiger partial charge in [0.1, 0.15) is 5.75 Å². The second kappa shape index (κ2) is 6.51. The highest BCUT2D eigenvalue weighted by Crippen LogP contribution is 2.17. The minimum absolute atomic E-state index is 0.0821. The second-order valence-corrected chi connectivity index (χ2v) is 4.39. The molecule has 1 heterocycles. The molecule has 0 aliphatic rings. The summed E-state index contributed by atoms with van der Waals surface area (Å²) >= 11 is 0. The molecule has 2 rings (SSSR count). The van der Waals surface area contributed by atoms with Crippen molar-refractivity contribution in [1.82, 2.24) is 10.3 Å². The van der Waals surface area contributed by atoms with Gasteiger partial charge in [-0.15, -0.1) is 0 Å². The van der Waals surface area contributed by atoms with E-state index >= 15 is 0 Å². The lowest BCUT2D eigenvalue weighted by atomic mass is 10.1. The summed E-state index contributed by atoms with van der Waals surface area (Å²) in [5, 5.41) is 14.6. The molecule has 1 aromatic carbocycles. The fraction of sp³-hybridized carbons (Fsp3) is 0.133. The van der Waals surface area contributed by atoms with Gasteiger partial charge in [-0.05, 0) is 17.7 Å². The van der Waals surface area contributed by atoms with E-state index in [1.54, 1.807) is 31.3 Å². The number of para-hydroxylation sites is 1. The van der Waals surface area contributed by atoms with Crippen LogP contribution in [0.1, 0.15) is 15.9 Å². The first-order chi connectivity index (χ1) is 10.1. The molecule has 2 amide bonds. The fourth-order valence-electron chi connectivity index (χ4n) is 1.80. The predicted octanol–water partition coefficient (Wildman–Crippen LogP) is 1.33. The predicted molar refractivity (Wildman–Crippen MR) is 78.1 cm³/mol. The van der Waals surface area contributed by atoms with Crippen molar-refractivity contribution in [3.05, 3.63) is 53.9 Å². The lowest BCUT2D eigenvalue weighted by Crippen LogP contribution is -2.21. The molecule has 0 radical (unpaired) electrons. The summed E-state index contributed by atoms with van der Waals surface area (Å²) in [6.07, 6.45) is 2.78. The summed E-state index contributed by atoms with van der Waals surface area (Å²) < 4.78 is 0. The molecule has 0 saturated carbocycles. The third kappa shape index (κ3) is 3.79. The van der Waals surface area contributed by atoms with Gasteiger partial charge in [0, 0.05) is 18.9 Å². The van der Waals surface area contributed by atoms with Gasteiger partial charge in [-0.3, -0.25) is 14.6 Å². The number of likely N-dealkylation sites (N-methyl/N-ethyl adjacent to an activating group) is 1. The van der Waals surface area contributed by atoms with Gasteiger partial charge >= 0.3 is 0 Å². The van der Waals surface area contributed by atoms with Crippen molar-refractivity contribution in [3.63, 3.8) is 0 Å². The van der Waals surface area contributed by atoms with E-state index in [4.69, 9.17) is 0 Å². The maximum Gasteiger partial charge on any atom is 0.257 e. The molecule has 0 fully saturated rings. The molecule has 1 aromatic heterocycles. The number of benzene rings is 1. The van der Waals surface area contributed by atoms with E-state index in [2.05, 4.69) is 15.6 Å². The van der Waals surface area contributed by atoms with E-state index in [0.717, 1.165) is 0 Å². The van der Waals surface area contributed by atoms with E-state index < -0.39 is 5.91 Å². The quantitative estimate of drug-likeness (QED) is 0.790. The molecule has 108 valence electrons. The van der Waals surface area contributed by atoms with Gasteiger partial charge in [0.25, 0.3) is 5.91 Å². The van der Waals surface area contributed by atoms with Gasteiger partial charge in [0.15, 0.2) is 0 Å². The Morgan fingerprint density at radius 3 is 2.71 bits per heavy atom. The Morgan fingerprint density at radius 1 is 1.24 bits per heavy atom. The molecule has 6 nitrogen and oxygen atoms in total. The Kier molecular flexibility index (Phi) is 4.50. The van der Waals surface area contributed by atoms with Crippen LogP contribution in [-0.4, -0.2) is 29.0 Å². The van der Waals surface area contributed by atoms with Crippen LogP contribution in [0.25, 0.3) is 0 Å². The molecular formula is C15H15N3O3. The molecule has 3 N–H and O–H groups in total. The molecule has 0 spiro atoms. The van der Waals surface area contributed by atoms with Crippen LogP contribution in [0.4, 0.5) is 5.69 Å². The summed E-state index contributed by atoms with van der Waals surface area (Å²) in [5.74, 6) is -0.625. The van der Waals surface area contributed by atoms with Gasteiger partial charge in [-0.25, -0.2) is 0 Å². The number of hydrogen-bond donors (Lipinski definition) is 3. The third-order valence-corrected chi connectivity index (χ3v) is 2.88. The molecule has 0 aliphatic carbocycles. The zero-order valence-electron chi connectivity index (χ0n) is 11.5. The third-order valence-electron chi connectivity index (χ3n) is 2.88. The van der Waals surface area contributed by atoms with Crippen LogP contribution in [0.2, 0.25) is 0 Å². The first-order valence-corrected chi connectivity index (χ1v) is 6.34. The lowest BCUT2D eigenvalue weighted by molar-refractivity contribution is -0.119. The number of rotatable bonds is 4. The first kappa shape index (κ1) is 14.5. The summed E-state index contributed by atoms with van der Waals surface area (Å²) in [4.78, 5) is 27.3. The van der Waals surface area contributed by atoms with Crippen molar-refractivity contribution >= 4 is 17.5 Å². The van der Waals surface area contributed by atoms with Crippen LogP contribution in [0, 0.1) is 0 Å². The number of carbonyl (C=O) groups excluding carboxylic acids is 2. The molecule has 2 aromatic rings. The van der Waals surface area contributed by atoms with Crippen molar-refractivity contribution in [2.45, 2.75) is 6.42 Å². The van der Waals surface area contributed by atoms with Crippen LogP contribution in [-0.2, 0) is 11.2 Å². The topological polar surface area (TPSA) is 91.3 Å². The summed E-state index contributed by atoms with van der Waals surface area (Å²) in [6, 6.07) is 8.37.